The summed E-state index contributed by atoms with van der Waals surface area (Å²) in [6.45, 7) is 0. The number of hydrogen-bond acceptors (Lipinski definition) is 4. The van der Waals surface area contributed by atoms with Gasteiger partial charge in [-0.3, -0.25) is 5.32 Å². The monoisotopic (exact) mass is 172 g/mol. The minimum Gasteiger partial charge on any atom is -0.393 e. The van der Waals surface area contributed by atoms with E-state index in [1.165, 1.54) is 0 Å². The number of aliphatic hydroxyl groups is 2. The topological polar surface area (TPSA) is 78.5 Å². The van der Waals surface area contributed by atoms with Gasteiger partial charge in [-0.15, -0.1) is 0 Å². The molecule has 0 unspecified atom stereocenters. The molecule has 0 aromatic heterocycles. The van der Waals surface area contributed by atoms with Gasteiger partial charge in [0.05, 0.1) is 17.9 Å². The van der Waals surface area contributed by atoms with Crippen molar-refractivity contribution in [2.45, 2.75) is 49.6 Å². The van der Waals surface area contributed by atoms with Gasteiger partial charge in [0.25, 0.3) is 0 Å². The van der Waals surface area contributed by atoms with Gasteiger partial charge >= 0.3 is 0 Å². The highest BCUT2D eigenvalue weighted by molar-refractivity contribution is 5.00. The van der Waals surface area contributed by atoms with Crippen LogP contribution < -0.4 is 11.1 Å². The third-order valence-electron chi connectivity index (χ3n) is 2.80. The van der Waals surface area contributed by atoms with Crippen molar-refractivity contribution in [3.8, 4) is 0 Å². The van der Waals surface area contributed by atoms with Gasteiger partial charge in [0.1, 0.15) is 0 Å². The summed E-state index contributed by atoms with van der Waals surface area (Å²) in [5, 5.41) is 21.3. The van der Waals surface area contributed by atoms with Crippen molar-refractivity contribution < 1.29 is 10.2 Å². The van der Waals surface area contributed by atoms with Gasteiger partial charge in [0, 0.05) is 18.9 Å². The zero-order valence-electron chi connectivity index (χ0n) is 7.03. The Morgan fingerprint density at radius 1 is 1.17 bits per heavy atom. The van der Waals surface area contributed by atoms with Gasteiger partial charge in [-0.2, -0.15) is 0 Å². The smallest absolute Gasteiger partial charge is 0.0714 e. The van der Waals surface area contributed by atoms with Gasteiger partial charge in [0.15, 0.2) is 0 Å². The average molecular weight is 172 g/mol. The summed E-state index contributed by atoms with van der Waals surface area (Å²) < 4.78 is 0. The summed E-state index contributed by atoms with van der Waals surface area (Å²) >= 11 is 0. The van der Waals surface area contributed by atoms with Crippen molar-refractivity contribution >= 4 is 0 Å². The van der Waals surface area contributed by atoms with E-state index >= 15 is 0 Å². The number of rotatable bonds is 2. The fraction of sp³-hybridized carbons (Fsp3) is 1.00. The first-order chi connectivity index (χ1) is 5.57. The number of nitrogens with one attached hydrogen (secondary N) is 1. The summed E-state index contributed by atoms with van der Waals surface area (Å²) in [4.78, 5) is 0. The molecule has 2 aliphatic rings. The van der Waals surface area contributed by atoms with Crippen molar-refractivity contribution in [1.82, 2.24) is 5.32 Å². The summed E-state index contributed by atoms with van der Waals surface area (Å²) in [6, 6.07) is 0.359. The molecular weight excluding hydrogens is 156 g/mol. The molecule has 12 heavy (non-hydrogen) atoms. The highest BCUT2D eigenvalue weighted by atomic mass is 16.3. The van der Waals surface area contributed by atoms with Crippen LogP contribution >= 0.6 is 0 Å². The molecule has 2 aliphatic carbocycles. The van der Waals surface area contributed by atoms with Crippen LogP contribution in [0.1, 0.15) is 25.7 Å². The molecule has 0 aliphatic heterocycles. The van der Waals surface area contributed by atoms with Crippen molar-refractivity contribution in [1.29, 1.82) is 0 Å². The second-order valence-electron chi connectivity index (χ2n) is 4.18. The van der Waals surface area contributed by atoms with Crippen molar-refractivity contribution in [3.05, 3.63) is 0 Å². The quantitative estimate of drug-likeness (QED) is 0.399. The number of nitrogens with two attached hydrogens (primary N) is 1. The van der Waals surface area contributed by atoms with Crippen LogP contribution in [0.3, 0.4) is 0 Å². The predicted molar refractivity (Wildman–Crippen MR) is 44.3 cm³/mol. The molecule has 0 heterocycles. The lowest BCUT2D eigenvalue weighted by Gasteiger charge is -2.48. The van der Waals surface area contributed by atoms with E-state index in [9.17, 15) is 0 Å². The summed E-state index contributed by atoms with van der Waals surface area (Å²) in [7, 11) is 0. The lowest BCUT2D eigenvalue weighted by molar-refractivity contribution is -0.0248. The Labute approximate surface area is 71.8 Å². The molecule has 0 amide bonds. The highest BCUT2D eigenvalue weighted by Gasteiger charge is 2.43. The largest absolute Gasteiger partial charge is 0.393 e. The zero-order chi connectivity index (χ0) is 8.77. The van der Waals surface area contributed by atoms with Gasteiger partial charge in [0.2, 0.25) is 0 Å². The Morgan fingerprint density at radius 2 is 1.75 bits per heavy atom. The maximum atomic E-state index is 9.07. The first-order valence-corrected chi connectivity index (χ1v) is 4.50. The summed E-state index contributed by atoms with van der Waals surface area (Å²) in [6.07, 6.45) is 2.51. The molecule has 0 aromatic rings. The van der Waals surface area contributed by atoms with Crippen molar-refractivity contribution in [2.24, 2.45) is 5.73 Å². The van der Waals surface area contributed by atoms with E-state index in [4.69, 9.17) is 15.9 Å². The third-order valence-corrected chi connectivity index (χ3v) is 2.80. The maximum Gasteiger partial charge on any atom is 0.0714 e. The van der Waals surface area contributed by atoms with E-state index in [-0.39, 0.29) is 17.9 Å². The molecule has 0 spiro atoms. The van der Waals surface area contributed by atoms with Crippen LogP contribution in [-0.2, 0) is 0 Å². The summed E-state index contributed by atoms with van der Waals surface area (Å²) in [5.74, 6) is 0. The molecule has 4 heteroatoms. The maximum absolute atomic E-state index is 9.07. The van der Waals surface area contributed by atoms with E-state index in [2.05, 4.69) is 5.32 Å². The normalized spacial score (nSPS) is 52.8. The van der Waals surface area contributed by atoms with E-state index in [1.54, 1.807) is 0 Å². The Balaban J connectivity index is 1.73. The van der Waals surface area contributed by atoms with E-state index < -0.39 is 0 Å². The van der Waals surface area contributed by atoms with Crippen LogP contribution in [0.2, 0.25) is 0 Å². The van der Waals surface area contributed by atoms with Gasteiger partial charge in [-0.25, -0.2) is 0 Å². The van der Waals surface area contributed by atoms with Gasteiger partial charge in [-0.05, 0) is 12.8 Å². The highest BCUT2D eigenvalue weighted by Crippen LogP contribution is 2.30. The van der Waals surface area contributed by atoms with Crippen LogP contribution in [0.4, 0.5) is 0 Å². The number of hydrogen-bond donors (Lipinski definition) is 4. The molecule has 0 saturated heterocycles. The van der Waals surface area contributed by atoms with Crippen LogP contribution in [0.5, 0.6) is 0 Å². The molecule has 2 fully saturated rings. The Kier molecular flexibility index (Phi) is 1.88. The lowest BCUT2D eigenvalue weighted by atomic mass is 9.79. The molecule has 4 nitrogen and oxygen atoms in total. The van der Waals surface area contributed by atoms with E-state index in [0.29, 0.717) is 18.9 Å². The third kappa shape index (κ3) is 1.47. The fourth-order valence-electron chi connectivity index (χ4n) is 2.01. The van der Waals surface area contributed by atoms with E-state index in [0.717, 1.165) is 12.8 Å². The Hall–Kier alpha value is -0.160. The van der Waals surface area contributed by atoms with Crippen LogP contribution in [0.15, 0.2) is 0 Å². The van der Waals surface area contributed by atoms with E-state index in [1.807, 2.05) is 0 Å². The SMILES string of the molecule is NC1(NC2CC(O)C2)CC(O)C1. The molecule has 5 N–H and O–H groups in total. The van der Waals surface area contributed by atoms with Crippen LogP contribution in [0.25, 0.3) is 0 Å². The fourth-order valence-corrected chi connectivity index (χ4v) is 2.01. The molecule has 0 atom stereocenters. The van der Waals surface area contributed by atoms with Gasteiger partial charge in [-0.1, -0.05) is 0 Å². The van der Waals surface area contributed by atoms with Crippen molar-refractivity contribution in [3.63, 3.8) is 0 Å². The molecule has 0 bridgehead atoms. The molecule has 70 valence electrons. The molecule has 0 radical (unpaired) electrons. The van der Waals surface area contributed by atoms with Crippen LogP contribution in [-0.4, -0.2) is 34.1 Å². The second kappa shape index (κ2) is 2.67. The number of aliphatic hydroxyl groups excluding tert-OH is 2. The predicted octanol–water partition coefficient (Wildman–Crippen LogP) is -1.09. The Bertz CT molecular complexity index is 174. The summed E-state index contributed by atoms with van der Waals surface area (Å²) in [5.41, 5.74) is 5.54. The van der Waals surface area contributed by atoms with Gasteiger partial charge < -0.3 is 15.9 Å². The van der Waals surface area contributed by atoms with Crippen molar-refractivity contribution in [2.75, 3.05) is 0 Å². The molecule has 2 rings (SSSR count). The van der Waals surface area contributed by atoms with Crippen LogP contribution in [0, 0.1) is 0 Å². The minimum absolute atomic E-state index is 0.143. The standard InChI is InChI=1S/C8H16N2O2/c9-8(3-7(12)4-8)10-5-1-6(11)2-5/h5-7,10-12H,1-4,9H2. The average Bonchev–Trinajstić information content (AvgIpc) is 1.81. The Morgan fingerprint density at radius 3 is 2.17 bits per heavy atom. The molecular formula is C8H16N2O2. The molecule has 2 saturated carbocycles. The first-order valence-electron chi connectivity index (χ1n) is 4.50. The lowest BCUT2D eigenvalue weighted by Crippen LogP contribution is -2.68. The first kappa shape index (κ1) is 8.44. The second-order valence-corrected chi connectivity index (χ2v) is 4.18. The minimum atomic E-state index is -0.357. The molecule has 0 aromatic carbocycles. The zero-order valence-corrected chi connectivity index (χ0v) is 7.03.